The molecule has 0 spiro atoms. The second-order valence-electron chi connectivity index (χ2n) is 12.2. The van der Waals surface area contributed by atoms with Crippen LogP contribution in [-0.4, -0.2) is 79.7 Å². The topological polar surface area (TPSA) is 132 Å². The first-order valence-corrected chi connectivity index (χ1v) is 16.3. The van der Waals surface area contributed by atoms with Crippen LogP contribution in [0.25, 0.3) is 0 Å². The quantitative estimate of drug-likeness (QED) is 0.403. The molecule has 1 N–H and O–H groups in total. The molecule has 0 radical (unpaired) electrons. The zero-order valence-electron chi connectivity index (χ0n) is 25.8. The monoisotopic (exact) mass is 669 g/mol. The lowest BCUT2D eigenvalue weighted by Gasteiger charge is -2.40. The summed E-state index contributed by atoms with van der Waals surface area (Å²) in [5.41, 5.74) is -1.06. The van der Waals surface area contributed by atoms with Crippen LogP contribution in [0.3, 0.4) is 0 Å². The van der Waals surface area contributed by atoms with Gasteiger partial charge in [0.2, 0.25) is 5.91 Å². The third-order valence-corrected chi connectivity index (χ3v) is 8.88. The van der Waals surface area contributed by atoms with E-state index in [1.54, 1.807) is 25.7 Å². The van der Waals surface area contributed by atoms with Crippen molar-refractivity contribution in [3.8, 4) is 0 Å². The van der Waals surface area contributed by atoms with E-state index >= 15 is 0 Å². The number of benzene rings is 2. The fourth-order valence-electron chi connectivity index (χ4n) is 5.17. The van der Waals surface area contributed by atoms with Crippen LogP contribution in [0.4, 0.5) is 22.8 Å². The Morgan fingerprint density at radius 3 is 2.11 bits per heavy atom. The lowest BCUT2D eigenvalue weighted by atomic mass is 9.98. The summed E-state index contributed by atoms with van der Waals surface area (Å²) in [4.78, 5) is 41.3. The molecule has 2 aromatic rings. The number of rotatable bonds is 7. The van der Waals surface area contributed by atoms with Gasteiger partial charge in [0, 0.05) is 19.1 Å². The predicted octanol–water partition coefficient (Wildman–Crippen LogP) is 5.10. The summed E-state index contributed by atoms with van der Waals surface area (Å²) in [5.74, 6) is -0.458. The molecule has 11 nitrogen and oxygen atoms in total. The van der Waals surface area contributed by atoms with Gasteiger partial charge in [-0.15, -0.1) is 0 Å². The van der Waals surface area contributed by atoms with E-state index in [-0.39, 0.29) is 32.0 Å². The Kier molecular flexibility index (Phi) is 10.9. The SMILES string of the molecule is CC(C)(C)OC(=O)N1C[C@@H](OS(=O)(=O)c2ccc(C(F)(F)F)cc2)CC[C@H]1C(=O)NC1CCN(C(=O)OCc2ccccc2)CC1. The van der Waals surface area contributed by atoms with Crippen LogP contribution in [0.1, 0.15) is 57.6 Å². The molecule has 2 aliphatic rings. The molecule has 2 aliphatic heterocycles. The number of alkyl halides is 3. The predicted molar refractivity (Wildman–Crippen MR) is 159 cm³/mol. The molecule has 2 heterocycles. The van der Waals surface area contributed by atoms with Gasteiger partial charge in [0.05, 0.1) is 23.1 Å². The second-order valence-corrected chi connectivity index (χ2v) is 13.8. The molecule has 0 aliphatic carbocycles. The van der Waals surface area contributed by atoms with Crippen LogP contribution in [0, 0.1) is 0 Å². The Hall–Kier alpha value is -3.85. The van der Waals surface area contributed by atoms with Gasteiger partial charge in [-0.3, -0.25) is 13.9 Å². The highest BCUT2D eigenvalue weighted by Gasteiger charge is 2.41. The number of nitrogens with zero attached hydrogens (tertiary/aromatic N) is 2. The first-order valence-electron chi connectivity index (χ1n) is 14.9. The van der Waals surface area contributed by atoms with E-state index < -0.39 is 62.6 Å². The number of ether oxygens (including phenoxy) is 2. The third kappa shape index (κ3) is 9.58. The Bertz CT molecular complexity index is 1470. The highest BCUT2D eigenvalue weighted by atomic mass is 32.2. The zero-order valence-corrected chi connectivity index (χ0v) is 26.6. The van der Waals surface area contributed by atoms with Crippen molar-refractivity contribution in [2.45, 2.75) is 87.9 Å². The van der Waals surface area contributed by atoms with Gasteiger partial charge in [-0.1, -0.05) is 30.3 Å². The summed E-state index contributed by atoms with van der Waals surface area (Å²) in [7, 11) is -4.49. The molecule has 3 amide bonds. The fraction of sp³-hybridized carbons (Fsp3) is 0.516. The molecular weight excluding hydrogens is 631 g/mol. The minimum Gasteiger partial charge on any atom is -0.445 e. The van der Waals surface area contributed by atoms with Gasteiger partial charge < -0.3 is 19.7 Å². The standard InChI is InChI=1S/C31H38F3N3O8S/c1-30(2,3)44-29(40)37-19-24(45-46(41,42)25-12-9-22(10-13-25)31(32,33)34)11-14-26(37)27(38)35-23-15-17-36(18-16-23)28(39)43-20-21-7-5-4-6-8-21/h4-10,12-13,23-24,26H,11,14-20H2,1-3H3,(H,35,38)/t24-,26-/m0/s1. The Labute approximate surface area is 266 Å². The van der Waals surface area contributed by atoms with Gasteiger partial charge in [0.1, 0.15) is 18.2 Å². The van der Waals surface area contributed by atoms with Crippen molar-refractivity contribution in [1.29, 1.82) is 0 Å². The van der Waals surface area contributed by atoms with Crippen molar-refractivity contribution in [3.63, 3.8) is 0 Å². The van der Waals surface area contributed by atoms with Crippen molar-refractivity contribution in [2.24, 2.45) is 0 Å². The van der Waals surface area contributed by atoms with Crippen LogP contribution in [-0.2, 0) is 41.4 Å². The average molecular weight is 670 g/mol. The molecule has 252 valence electrons. The maximum Gasteiger partial charge on any atom is 0.416 e. The summed E-state index contributed by atoms with van der Waals surface area (Å²) >= 11 is 0. The molecule has 46 heavy (non-hydrogen) atoms. The molecule has 2 atom stereocenters. The van der Waals surface area contributed by atoms with Crippen LogP contribution >= 0.6 is 0 Å². The summed E-state index contributed by atoms with van der Waals surface area (Å²) in [6.45, 7) is 5.49. The van der Waals surface area contributed by atoms with E-state index in [1.165, 1.54) is 0 Å². The van der Waals surface area contributed by atoms with E-state index in [1.807, 2.05) is 30.3 Å². The van der Waals surface area contributed by atoms with Crippen LogP contribution < -0.4 is 5.32 Å². The van der Waals surface area contributed by atoms with Gasteiger partial charge in [-0.25, -0.2) is 9.59 Å². The molecular formula is C31H38F3N3O8S. The van der Waals surface area contributed by atoms with Crippen molar-refractivity contribution >= 4 is 28.2 Å². The van der Waals surface area contributed by atoms with E-state index in [2.05, 4.69) is 5.32 Å². The molecule has 0 unspecified atom stereocenters. The molecule has 0 aromatic heterocycles. The molecule has 0 bridgehead atoms. The van der Waals surface area contributed by atoms with Crippen molar-refractivity contribution in [1.82, 2.24) is 15.1 Å². The third-order valence-electron chi connectivity index (χ3n) is 7.51. The highest BCUT2D eigenvalue weighted by Crippen LogP contribution is 2.31. The van der Waals surface area contributed by atoms with Gasteiger partial charge in [0.15, 0.2) is 0 Å². The molecule has 2 aromatic carbocycles. The van der Waals surface area contributed by atoms with Crippen molar-refractivity contribution in [3.05, 3.63) is 65.7 Å². The zero-order chi connectivity index (χ0) is 33.7. The minimum atomic E-state index is -4.64. The normalized spacial score (nSPS) is 19.8. The molecule has 2 saturated heterocycles. The number of amides is 3. The van der Waals surface area contributed by atoms with Crippen molar-refractivity contribution < 1.29 is 49.6 Å². The van der Waals surface area contributed by atoms with Gasteiger partial charge in [-0.2, -0.15) is 21.6 Å². The second kappa shape index (κ2) is 14.3. The van der Waals surface area contributed by atoms with E-state index in [4.69, 9.17) is 13.7 Å². The average Bonchev–Trinajstić information content (AvgIpc) is 2.99. The maximum atomic E-state index is 13.4. The number of halogens is 3. The van der Waals surface area contributed by atoms with Gasteiger partial charge in [-0.05, 0) is 76.3 Å². The van der Waals surface area contributed by atoms with Crippen molar-refractivity contribution in [2.75, 3.05) is 19.6 Å². The lowest BCUT2D eigenvalue weighted by molar-refractivity contribution is -0.137. The Morgan fingerprint density at radius 2 is 1.52 bits per heavy atom. The first-order chi connectivity index (χ1) is 21.5. The largest absolute Gasteiger partial charge is 0.445 e. The number of likely N-dealkylation sites (tertiary alicyclic amines) is 2. The molecule has 2 fully saturated rings. The molecule has 4 rings (SSSR count). The number of carbonyl (C=O) groups is 3. The van der Waals surface area contributed by atoms with Crippen LogP contribution in [0.5, 0.6) is 0 Å². The number of carbonyl (C=O) groups excluding carboxylic acids is 3. The fourth-order valence-corrected chi connectivity index (χ4v) is 6.27. The van der Waals surface area contributed by atoms with Crippen LogP contribution in [0.2, 0.25) is 0 Å². The summed E-state index contributed by atoms with van der Waals surface area (Å²) in [6.07, 6.45) is -5.97. The van der Waals surface area contributed by atoms with E-state index in [9.17, 15) is 36.0 Å². The lowest BCUT2D eigenvalue weighted by Crippen LogP contribution is -2.58. The molecule has 15 heteroatoms. The number of piperidine rings is 2. The number of hydrogen-bond donors (Lipinski definition) is 1. The van der Waals surface area contributed by atoms with E-state index in [0.29, 0.717) is 38.1 Å². The minimum absolute atomic E-state index is 0.0446. The Morgan fingerprint density at radius 1 is 0.891 bits per heavy atom. The van der Waals surface area contributed by atoms with Crippen LogP contribution in [0.15, 0.2) is 59.5 Å². The smallest absolute Gasteiger partial charge is 0.416 e. The first kappa shape index (κ1) is 35.0. The molecule has 0 saturated carbocycles. The number of hydrogen-bond acceptors (Lipinski definition) is 8. The highest BCUT2D eigenvalue weighted by molar-refractivity contribution is 7.86. The Balaban J connectivity index is 1.35. The van der Waals surface area contributed by atoms with Gasteiger partial charge in [0.25, 0.3) is 10.1 Å². The van der Waals surface area contributed by atoms with Gasteiger partial charge >= 0.3 is 18.4 Å². The maximum absolute atomic E-state index is 13.4. The summed E-state index contributed by atoms with van der Waals surface area (Å²) < 4.78 is 80.7. The van der Waals surface area contributed by atoms with E-state index in [0.717, 1.165) is 22.6 Å². The summed E-state index contributed by atoms with van der Waals surface area (Å²) in [5, 5.41) is 2.94. The summed E-state index contributed by atoms with van der Waals surface area (Å²) in [6, 6.07) is 10.9. The number of nitrogens with one attached hydrogen (secondary N) is 1.